The van der Waals surface area contributed by atoms with Crippen molar-refractivity contribution >= 4 is 28.2 Å². The third-order valence-electron chi connectivity index (χ3n) is 6.18. The second kappa shape index (κ2) is 6.03. The van der Waals surface area contributed by atoms with Crippen molar-refractivity contribution in [2.24, 2.45) is 17.8 Å². The van der Waals surface area contributed by atoms with Gasteiger partial charge in [-0.15, -0.1) is 11.3 Å². The van der Waals surface area contributed by atoms with E-state index in [1.807, 2.05) is 18.2 Å². The van der Waals surface area contributed by atoms with Crippen LogP contribution in [0.4, 0.5) is 10.9 Å². The van der Waals surface area contributed by atoms with Crippen molar-refractivity contribution in [1.82, 2.24) is 15.3 Å². The molecule has 4 bridgehead atoms. The molecule has 2 unspecified atom stereocenters. The summed E-state index contributed by atoms with van der Waals surface area (Å²) < 4.78 is 0. The van der Waals surface area contributed by atoms with Crippen molar-refractivity contribution in [3.63, 3.8) is 0 Å². The number of nitrogens with zero attached hydrogens (tertiary/aromatic N) is 2. The minimum Gasteiger partial charge on any atom is -0.390 e. The molecule has 4 aliphatic rings. The molecule has 2 aromatic heterocycles. The van der Waals surface area contributed by atoms with Crippen molar-refractivity contribution in [3.8, 4) is 0 Å². The number of rotatable bonds is 4. The first kappa shape index (κ1) is 16.2. The van der Waals surface area contributed by atoms with Gasteiger partial charge in [-0.05, 0) is 62.0 Å². The Morgan fingerprint density at radius 2 is 2.04 bits per heavy atom. The molecule has 7 heteroatoms. The maximum atomic E-state index is 12.7. The van der Waals surface area contributed by atoms with Crippen LogP contribution in [-0.4, -0.2) is 32.6 Å². The molecule has 26 heavy (non-hydrogen) atoms. The van der Waals surface area contributed by atoms with Crippen molar-refractivity contribution < 1.29 is 9.90 Å². The first-order chi connectivity index (χ1) is 12.6. The number of amides is 1. The van der Waals surface area contributed by atoms with E-state index in [1.165, 1.54) is 11.3 Å². The largest absolute Gasteiger partial charge is 0.390 e. The molecule has 1 amide bonds. The Balaban J connectivity index is 1.27. The Morgan fingerprint density at radius 1 is 1.23 bits per heavy atom. The summed E-state index contributed by atoms with van der Waals surface area (Å²) in [6, 6.07) is 5.79. The quantitative estimate of drug-likeness (QED) is 0.770. The highest BCUT2D eigenvalue weighted by Crippen LogP contribution is 2.55. The predicted octanol–water partition coefficient (Wildman–Crippen LogP) is 2.95. The van der Waals surface area contributed by atoms with Gasteiger partial charge in [-0.25, -0.2) is 9.97 Å². The van der Waals surface area contributed by atoms with Crippen molar-refractivity contribution in [2.45, 2.75) is 43.7 Å². The zero-order valence-corrected chi connectivity index (χ0v) is 15.2. The van der Waals surface area contributed by atoms with E-state index in [0.717, 1.165) is 32.1 Å². The molecular formula is C19H22N4O2S. The van der Waals surface area contributed by atoms with Crippen LogP contribution < -0.4 is 10.6 Å². The summed E-state index contributed by atoms with van der Waals surface area (Å²) in [6.45, 7) is 0. The fourth-order valence-corrected chi connectivity index (χ4v) is 6.12. The minimum atomic E-state index is -0.474. The first-order valence-corrected chi connectivity index (χ1v) is 10.1. The summed E-state index contributed by atoms with van der Waals surface area (Å²) in [5.74, 6) is 2.04. The molecule has 136 valence electrons. The minimum absolute atomic E-state index is 0.111. The zero-order chi connectivity index (χ0) is 17.7. The first-order valence-electron chi connectivity index (χ1n) is 9.25. The van der Waals surface area contributed by atoms with Gasteiger partial charge >= 0.3 is 0 Å². The van der Waals surface area contributed by atoms with Crippen LogP contribution in [0.25, 0.3) is 0 Å². The Morgan fingerprint density at radius 3 is 2.73 bits per heavy atom. The molecule has 0 spiro atoms. The van der Waals surface area contributed by atoms with Crippen LogP contribution in [0.2, 0.25) is 0 Å². The van der Waals surface area contributed by atoms with E-state index in [1.54, 1.807) is 11.6 Å². The van der Waals surface area contributed by atoms with E-state index in [0.29, 0.717) is 34.4 Å². The lowest BCUT2D eigenvalue weighted by atomic mass is 9.52. The van der Waals surface area contributed by atoms with Crippen LogP contribution in [0.3, 0.4) is 0 Å². The number of aliphatic hydroxyl groups is 1. The van der Waals surface area contributed by atoms with Crippen LogP contribution in [0.5, 0.6) is 0 Å². The van der Waals surface area contributed by atoms with Crippen LogP contribution in [0, 0.1) is 17.8 Å². The van der Waals surface area contributed by atoms with E-state index in [4.69, 9.17) is 0 Å². The number of hydrogen-bond acceptors (Lipinski definition) is 6. The molecule has 2 heterocycles. The third-order valence-corrected chi connectivity index (χ3v) is 6.93. The molecule has 6 rings (SSSR count). The van der Waals surface area contributed by atoms with Gasteiger partial charge in [0.15, 0.2) is 5.13 Å². The van der Waals surface area contributed by atoms with E-state index in [2.05, 4.69) is 20.6 Å². The number of hydrogen-bond donors (Lipinski definition) is 3. The summed E-state index contributed by atoms with van der Waals surface area (Å²) in [6.07, 6.45) is 6.59. The SMILES string of the molecule is O=C(NC1C2CC3CC1CC(O)(C3)C2)c1csc(Nc2ccccn2)n1. The second-order valence-electron chi connectivity index (χ2n) is 8.07. The van der Waals surface area contributed by atoms with Gasteiger partial charge in [0.1, 0.15) is 11.5 Å². The van der Waals surface area contributed by atoms with Gasteiger partial charge in [0, 0.05) is 17.6 Å². The summed E-state index contributed by atoms with van der Waals surface area (Å²) in [4.78, 5) is 21.3. The van der Waals surface area contributed by atoms with Gasteiger partial charge in [-0.3, -0.25) is 4.79 Å². The van der Waals surface area contributed by atoms with E-state index in [-0.39, 0.29) is 11.9 Å². The average Bonchev–Trinajstić information content (AvgIpc) is 3.06. The fraction of sp³-hybridized carbons (Fsp3) is 0.526. The van der Waals surface area contributed by atoms with Crippen LogP contribution in [0.1, 0.15) is 42.6 Å². The Kier molecular flexibility index (Phi) is 3.76. The monoisotopic (exact) mass is 370 g/mol. The normalized spacial score (nSPS) is 34.7. The molecule has 4 aliphatic carbocycles. The van der Waals surface area contributed by atoms with Gasteiger partial charge in [0.05, 0.1) is 5.60 Å². The van der Waals surface area contributed by atoms with Gasteiger partial charge in [-0.2, -0.15) is 0 Å². The topological polar surface area (TPSA) is 87.1 Å². The number of carbonyl (C=O) groups is 1. The van der Waals surface area contributed by atoms with Crippen molar-refractivity contribution in [2.75, 3.05) is 5.32 Å². The highest BCUT2D eigenvalue weighted by atomic mass is 32.1. The number of thiazole rings is 1. The lowest BCUT2D eigenvalue weighted by molar-refractivity contribution is -0.136. The standard InChI is InChI=1S/C19H22N4O2S/c24-17(14-10-26-18(21-14)22-15-3-1-2-4-20-15)23-16-12-5-11-6-13(16)9-19(25,7-11)8-12/h1-4,10-13,16,25H,5-9H2,(H,23,24)(H,20,21,22). The lowest BCUT2D eigenvalue weighted by Gasteiger charge is -2.58. The van der Waals surface area contributed by atoms with Crippen LogP contribution in [0.15, 0.2) is 29.8 Å². The van der Waals surface area contributed by atoms with Crippen molar-refractivity contribution in [3.05, 3.63) is 35.5 Å². The third kappa shape index (κ3) is 2.89. The number of nitrogens with one attached hydrogen (secondary N) is 2. The highest BCUT2D eigenvalue weighted by molar-refractivity contribution is 7.14. The predicted molar refractivity (Wildman–Crippen MR) is 99.4 cm³/mol. The lowest BCUT2D eigenvalue weighted by Crippen LogP contribution is -2.61. The fourth-order valence-electron chi connectivity index (χ4n) is 5.42. The molecule has 0 saturated heterocycles. The number of anilines is 2. The highest BCUT2D eigenvalue weighted by Gasteiger charge is 2.55. The van der Waals surface area contributed by atoms with Crippen molar-refractivity contribution in [1.29, 1.82) is 0 Å². The maximum Gasteiger partial charge on any atom is 0.271 e. The second-order valence-corrected chi connectivity index (χ2v) is 8.93. The van der Waals surface area contributed by atoms with Gasteiger partial charge in [0.2, 0.25) is 0 Å². The van der Waals surface area contributed by atoms with Crippen LogP contribution in [-0.2, 0) is 0 Å². The zero-order valence-electron chi connectivity index (χ0n) is 14.4. The molecule has 0 aromatic carbocycles. The number of pyridine rings is 1. The average molecular weight is 370 g/mol. The molecule has 4 saturated carbocycles. The molecule has 4 fully saturated rings. The van der Waals surface area contributed by atoms with Gasteiger partial charge in [0.25, 0.3) is 5.91 Å². The molecular weight excluding hydrogens is 348 g/mol. The summed E-state index contributed by atoms with van der Waals surface area (Å²) >= 11 is 1.40. The number of aromatic nitrogens is 2. The van der Waals surface area contributed by atoms with Crippen LogP contribution >= 0.6 is 11.3 Å². The molecule has 2 aromatic rings. The summed E-state index contributed by atoms with van der Waals surface area (Å²) in [5, 5.41) is 19.5. The Labute approximate surface area is 156 Å². The molecule has 6 nitrogen and oxygen atoms in total. The smallest absolute Gasteiger partial charge is 0.271 e. The Bertz CT molecular complexity index is 808. The molecule has 0 radical (unpaired) electrons. The Hall–Kier alpha value is -1.99. The maximum absolute atomic E-state index is 12.7. The number of carbonyl (C=O) groups excluding carboxylic acids is 1. The summed E-state index contributed by atoms with van der Waals surface area (Å²) in [7, 11) is 0. The molecule has 3 N–H and O–H groups in total. The van der Waals surface area contributed by atoms with E-state index in [9.17, 15) is 9.90 Å². The molecule has 0 aliphatic heterocycles. The summed E-state index contributed by atoms with van der Waals surface area (Å²) in [5.41, 5.74) is -0.0288. The van der Waals surface area contributed by atoms with Gasteiger partial charge < -0.3 is 15.7 Å². The van der Waals surface area contributed by atoms with E-state index >= 15 is 0 Å². The molecule has 2 atom stereocenters. The van der Waals surface area contributed by atoms with Gasteiger partial charge in [-0.1, -0.05) is 6.07 Å². The van der Waals surface area contributed by atoms with E-state index < -0.39 is 5.60 Å².